The van der Waals surface area contributed by atoms with E-state index in [1.807, 2.05) is 19.9 Å². The molecule has 0 spiro atoms. The molecule has 1 aromatic carbocycles. The van der Waals surface area contributed by atoms with Gasteiger partial charge in [-0.3, -0.25) is 4.79 Å². The molecule has 1 fully saturated rings. The molecule has 1 aromatic rings. The lowest BCUT2D eigenvalue weighted by Crippen LogP contribution is -2.19. The smallest absolute Gasteiger partial charge is 0.209 e. The Kier molecular flexibility index (Phi) is 6.44. The Morgan fingerprint density at radius 3 is 2.22 bits per heavy atom. The Hall–Kier alpha value is -1.35. The summed E-state index contributed by atoms with van der Waals surface area (Å²) in [6, 6.07) is 10.4. The molecule has 3 heteroatoms. The number of aliphatic hydroxyl groups excluding tert-OH is 1. The first-order valence-electron chi connectivity index (χ1n) is 6.61. The summed E-state index contributed by atoms with van der Waals surface area (Å²) in [4.78, 5) is 11.6. The molecule has 2 atom stereocenters. The van der Waals surface area contributed by atoms with Gasteiger partial charge in [-0.2, -0.15) is 0 Å². The molecular formula is C15H23NO2. The van der Waals surface area contributed by atoms with Crippen molar-refractivity contribution >= 4 is 6.41 Å². The highest BCUT2D eigenvalue weighted by molar-refractivity contribution is 5.46. The van der Waals surface area contributed by atoms with Crippen LogP contribution in [0.4, 0.5) is 0 Å². The number of aliphatic hydroxyl groups is 1. The number of amides is 1. The fourth-order valence-corrected chi connectivity index (χ4v) is 1.93. The second-order valence-electron chi connectivity index (χ2n) is 4.52. The monoisotopic (exact) mass is 249 g/mol. The third kappa shape index (κ3) is 4.49. The molecular weight excluding hydrogens is 226 g/mol. The van der Waals surface area contributed by atoms with E-state index >= 15 is 0 Å². The van der Waals surface area contributed by atoms with Gasteiger partial charge in [0.15, 0.2) is 0 Å². The number of rotatable bonds is 5. The van der Waals surface area contributed by atoms with Crippen molar-refractivity contribution in [2.45, 2.75) is 26.2 Å². The molecule has 100 valence electrons. The first kappa shape index (κ1) is 14.7. The minimum Gasteiger partial charge on any atom is -0.396 e. The second kappa shape index (κ2) is 7.88. The van der Waals surface area contributed by atoms with E-state index in [0.717, 1.165) is 19.5 Å². The van der Waals surface area contributed by atoms with E-state index in [1.165, 1.54) is 12.0 Å². The number of hydrogen-bond donors (Lipinski definition) is 1. The SMILES string of the molecule is CCN(C=O)CC.OC[C@H]1C[C@H]1c1ccccc1. The first-order chi connectivity index (χ1) is 8.76. The molecule has 1 aliphatic rings. The lowest BCUT2D eigenvalue weighted by Gasteiger charge is -2.08. The van der Waals surface area contributed by atoms with Gasteiger partial charge in [0, 0.05) is 19.7 Å². The van der Waals surface area contributed by atoms with E-state index in [1.54, 1.807) is 4.90 Å². The number of carbonyl (C=O) groups is 1. The van der Waals surface area contributed by atoms with Gasteiger partial charge in [-0.1, -0.05) is 30.3 Å². The molecule has 1 N–H and O–H groups in total. The average Bonchev–Trinajstić information content (AvgIpc) is 3.22. The van der Waals surface area contributed by atoms with Gasteiger partial charge in [-0.05, 0) is 37.7 Å². The summed E-state index contributed by atoms with van der Waals surface area (Å²) in [6.45, 7) is 5.90. The molecule has 0 unspecified atom stereocenters. The van der Waals surface area contributed by atoms with Crippen molar-refractivity contribution in [1.82, 2.24) is 4.90 Å². The van der Waals surface area contributed by atoms with E-state index < -0.39 is 0 Å². The van der Waals surface area contributed by atoms with E-state index in [9.17, 15) is 4.79 Å². The number of benzene rings is 1. The van der Waals surface area contributed by atoms with Crippen LogP contribution in [0.1, 0.15) is 31.7 Å². The third-order valence-electron chi connectivity index (χ3n) is 3.35. The molecule has 3 nitrogen and oxygen atoms in total. The molecule has 0 saturated heterocycles. The lowest BCUT2D eigenvalue weighted by molar-refractivity contribution is -0.117. The van der Waals surface area contributed by atoms with Crippen molar-refractivity contribution in [1.29, 1.82) is 0 Å². The van der Waals surface area contributed by atoms with Crippen LogP contribution < -0.4 is 0 Å². The van der Waals surface area contributed by atoms with Crippen LogP contribution in [-0.4, -0.2) is 36.1 Å². The van der Waals surface area contributed by atoms with Crippen LogP contribution in [0.5, 0.6) is 0 Å². The standard InChI is InChI=1S/C10H12O.C5H11NO/c11-7-9-6-10(9)8-4-2-1-3-5-8;1-3-6(4-2)5-7/h1-5,9-11H,6-7H2;5H,3-4H2,1-2H3/t9-,10+;/m1./s1. The van der Waals surface area contributed by atoms with Crippen molar-refractivity contribution in [2.24, 2.45) is 5.92 Å². The molecule has 0 bridgehead atoms. The normalized spacial score (nSPS) is 20.6. The van der Waals surface area contributed by atoms with Gasteiger partial charge in [-0.25, -0.2) is 0 Å². The maximum absolute atomic E-state index is 9.89. The van der Waals surface area contributed by atoms with E-state index in [-0.39, 0.29) is 0 Å². The quantitative estimate of drug-likeness (QED) is 0.813. The Labute approximate surface area is 109 Å². The summed E-state index contributed by atoms with van der Waals surface area (Å²) >= 11 is 0. The van der Waals surface area contributed by atoms with Crippen LogP contribution in [0.2, 0.25) is 0 Å². The fourth-order valence-electron chi connectivity index (χ4n) is 1.93. The molecule has 1 aliphatic carbocycles. The summed E-state index contributed by atoms with van der Waals surface area (Å²) in [5.41, 5.74) is 1.38. The highest BCUT2D eigenvalue weighted by Crippen LogP contribution is 2.46. The first-order valence-corrected chi connectivity index (χ1v) is 6.61. The average molecular weight is 249 g/mol. The predicted molar refractivity (Wildman–Crippen MR) is 73.4 cm³/mol. The lowest BCUT2D eigenvalue weighted by atomic mass is 10.1. The number of carbonyl (C=O) groups excluding carboxylic acids is 1. The summed E-state index contributed by atoms with van der Waals surface area (Å²) in [5, 5.41) is 8.84. The summed E-state index contributed by atoms with van der Waals surface area (Å²) in [5.74, 6) is 1.18. The fraction of sp³-hybridized carbons (Fsp3) is 0.533. The highest BCUT2D eigenvalue weighted by Gasteiger charge is 2.37. The third-order valence-corrected chi connectivity index (χ3v) is 3.35. The van der Waals surface area contributed by atoms with Crippen molar-refractivity contribution in [3.05, 3.63) is 35.9 Å². The molecule has 0 aliphatic heterocycles. The van der Waals surface area contributed by atoms with Gasteiger partial charge in [0.25, 0.3) is 0 Å². The maximum atomic E-state index is 9.89. The molecule has 1 saturated carbocycles. The van der Waals surface area contributed by atoms with Crippen LogP contribution in [0.15, 0.2) is 30.3 Å². The summed E-state index contributed by atoms with van der Waals surface area (Å²) in [7, 11) is 0. The highest BCUT2D eigenvalue weighted by atomic mass is 16.3. The zero-order valence-electron chi connectivity index (χ0n) is 11.2. The van der Waals surface area contributed by atoms with E-state index in [4.69, 9.17) is 5.11 Å². The molecule has 1 amide bonds. The Balaban J connectivity index is 0.000000203. The van der Waals surface area contributed by atoms with Crippen molar-refractivity contribution in [3.63, 3.8) is 0 Å². The zero-order valence-corrected chi connectivity index (χ0v) is 11.2. The number of hydrogen-bond acceptors (Lipinski definition) is 2. The topological polar surface area (TPSA) is 40.5 Å². The Morgan fingerprint density at radius 1 is 1.28 bits per heavy atom. The molecule has 18 heavy (non-hydrogen) atoms. The van der Waals surface area contributed by atoms with Crippen molar-refractivity contribution < 1.29 is 9.90 Å². The van der Waals surface area contributed by atoms with Crippen LogP contribution in [0.3, 0.4) is 0 Å². The molecule has 0 radical (unpaired) electrons. The van der Waals surface area contributed by atoms with Gasteiger partial charge in [0.1, 0.15) is 0 Å². The van der Waals surface area contributed by atoms with Crippen molar-refractivity contribution in [2.75, 3.05) is 19.7 Å². The summed E-state index contributed by atoms with van der Waals surface area (Å²) < 4.78 is 0. The van der Waals surface area contributed by atoms with Gasteiger partial charge >= 0.3 is 0 Å². The minimum atomic E-state index is 0.347. The Bertz CT molecular complexity index is 336. The van der Waals surface area contributed by atoms with Crippen molar-refractivity contribution in [3.8, 4) is 0 Å². The van der Waals surface area contributed by atoms with E-state index in [2.05, 4.69) is 24.3 Å². The van der Waals surface area contributed by atoms with Gasteiger partial charge in [0.2, 0.25) is 6.41 Å². The van der Waals surface area contributed by atoms with E-state index in [0.29, 0.717) is 18.4 Å². The largest absolute Gasteiger partial charge is 0.396 e. The maximum Gasteiger partial charge on any atom is 0.209 e. The van der Waals surface area contributed by atoms with Crippen LogP contribution >= 0.6 is 0 Å². The summed E-state index contributed by atoms with van der Waals surface area (Å²) in [6.07, 6.45) is 2.03. The molecule has 0 aromatic heterocycles. The Morgan fingerprint density at radius 2 is 1.89 bits per heavy atom. The van der Waals surface area contributed by atoms with Crippen LogP contribution in [0.25, 0.3) is 0 Å². The second-order valence-corrected chi connectivity index (χ2v) is 4.52. The molecule has 2 rings (SSSR count). The van der Waals surface area contributed by atoms with Gasteiger partial charge in [-0.15, -0.1) is 0 Å². The van der Waals surface area contributed by atoms with Crippen LogP contribution in [0, 0.1) is 5.92 Å². The zero-order chi connectivity index (χ0) is 13.4. The van der Waals surface area contributed by atoms with Gasteiger partial charge in [0.05, 0.1) is 0 Å². The number of nitrogens with zero attached hydrogens (tertiary/aromatic N) is 1. The minimum absolute atomic E-state index is 0.347. The van der Waals surface area contributed by atoms with Gasteiger partial charge < -0.3 is 10.0 Å². The molecule has 0 heterocycles. The predicted octanol–water partition coefficient (Wildman–Crippen LogP) is 2.27. The van der Waals surface area contributed by atoms with Crippen LogP contribution in [-0.2, 0) is 4.79 Å².